The third-order valence-electron chi connectivity index (χ3n) is 7.04. The van der Waals surface area contributed by atoms with Crippen LogP contribution in [0.25, 0.3) is 5.76 Å². The monoisotopic (exact) mass is 490 g/mol. The van der Waals surface area contributed by atoms with Crippen molar-refractivity contribution in [1.82, 2.24) is 9.80 Å². The summed E-state index contributed by atoms with van der Waals surface area (Å²) in [5, 5.41) is 11.2. The second kappa shape index (κ2) is 13.4. The molecule has 1 aliphatic heterocycles. The molecule has 5 nitrogen and oxygen atoms in total. The number of likely N-dealkylation sites (tertiary alicyclic amines) is 1. The molecule has 1 heterocycles. The number of rotatable bonds is 13. The number of unbranched alkanes of at least 4 members (excludes halogenated alkanes) is 2. The topological polar surface area (TPSA) is 60.9 Å². The fraction of sp³-hybridized carbons (Fsp3) is 0.484. The lowest BCUT2D eigenvalue weighted by Crippen LogP contribution is -2.34. The largest absolute Gasteiger partial charge is 0.507 e. The number of aliphatic hydroxyl groups is 1. The summed E-state index contributed by atoms with van der Waals surface area (Å²) in [5.41, 5.74) is 2.77. The van der Waals surface area contributed by atoms with Crippen molar-refractivity contribution >= 4 is 17.4 Å². The van der Waals surface area contributed by atoms with Gasteiger partial charge in [0.05, 0.1) is 11.6 Å². The molecule has 1 saturated heterocycles. The summed E-state index contributed by atoms with van der Waals surface area (Å²) in [6, 6.07) is 16.5. The molecule has 3 rings (SSSR count). The van der Waals surface area contributed by atoms with Gasteiger partial charge in [-0.05, 0) is 55.9 Å². The molecule has 1 fully saturated rings. The highest BCUT2D eigenvalue weighted by atomic mass is 16.3. The Morgan fingerprint density at radius 1 is 0.889 bits per heavy atom. The standard InChI is InChI=1S/C31H42N2O3/c1-5-7-19-32(20-8-6-2)21-12-22-33-28(25-17-15-24(16-18-25)23(3)4)27(30(35)31(33)36)29(34)26-13-10-9-11-14-26/h9-11,13-18,23,28,34H,5-8,12,19-22H2,1-4H3/t28-/m1/s1. The van der Waals surface area contributed by atoms with Gasteiger partial charge in [-0.2, -0.15) is 0 Å². The lowest BCUT2D eigenvalue weighted by molar-refractivity contribution is -0.140. The Kier molecular flexibility index (Phi) is 10.3. The molecule has 0 bridgehead atoms. The molecule has 0 spiro atoms. The molecule has 1 N–H and O–H groups in total. The van der Waals surface area contributed by atoms with Crippen molar-refractivity contribution in [3.05, 3.63) is 76.9 Å². The Balaban J connectivity index is 1.91. The van der Waals surface area contributed by atoms with Gasteiger partial charge >= 0.3 is 0 Å². The first-order valence-corrected chi connectivity index (χ1v) is 13.5. The predicted molar refractivity (Wildman–Crippen MR) is 147 cm³/mol. The van der Waals surface area contributed by atoms with Crippen LogP contribution in [0.4, 0.5) is 0 Å². The number of ketones is 1. The van der Waals surface area contributed by atoms with E-state index in [-0.39, 0.29) is 11.3 Å². The van der Waals surface area contributed by atoms with Crippen LogP contribution in [0, 0.1) is 0 Å². The zero-order valence-electron chi connectivity index (χ0n) is 22.4. The van der Waals surface area contributed by atoms with Gasteiger partial charge in [-0.3, -0.25) is 9.59 Å². The average molecular weight is 491 g/mol. The van der Waals surface area contributed by atoms with E-state index in [9.17, 15) is 14.7 Å². The highest BCUT2D eigenvalue weighted by Crippen LogP contribution is 2.39. The fourth-order valence-corrected chi connectivity index (χ4v) is 4.84. The SMILES string of the molecule is CCCCN(CCCC)CCCN1C(=O)C(=O)C(=C(O)c2ccccc2)[C@H]1c1ccc(C(C)C)cc1. The van der Waals surface area contributed by atoms with Crippen LogP contribution in [-0.2, 0) is 9.59 Å². The minimum Gasteiger partial charge on any atom is -0.507 e. The molecule has 0 radical (unpaired) electrons. The van der Waals surface area contributed by atoms with Crippen molar-refractivity contribution in [1.29, 1.82) is 0 Å². The van der Waals surface area contributed by atoms with Gasteiger partial charge in [0, 0.05) is 12.1 Å². The first-order valence-electron chi connectivity index (χ1n) is 13.5. The fourth-order valence-electron chi connectivity index (χ4n) is 4.84. The lowest BCUT2D eigenvalue weighted by Gasteiger charge is -2.27. The maximum atomic E-state index is 13.2. The third kappa shape index (κ3) is 6.64. The number of aliphatic hydroxyl groups excluding tert-OH is 1. The number of amides is 1. The third-order valence-corrected chi connectivity index (χ3v) is 7.04. The van der Waals surface area contributed by atoms with E-state index in [1.54, 1.807) is 17.0 Å². The quantitative estimate of drug-likeness (QED) is 0.197. The van der Waals surface area contributed by atoms with Gasteiger partial charge in [-0.1, -0.05) is 95.1 Å². The maximum absolute atomic E-state index is 13.2. The van der Waals surface area contributed by atoms with Crippen LogP contribution >= 0.6 is 0 Å². The summed E-state index contributed by atoms with van der Waals surface area (Å²) in [7, 11) is 0. The molecule has 0 saturated carbocycles. The molecule has 5 heteroatoms. The molecular formula is C31H42N2O3. The van der Waals surface area contributed by atoms with E-state index in [0.29, 0.717) is 18.0 Å². The molecule has 0 aromatic heterocycles. The van der Waals surface area contributed by atoms with Crippen LogP contribution < -0.4 is 0 Å². The zero-order chi connectivity index (χ0) is 26.1. The van der Waals surface area contributed by atoms with Crippen molar-refractivity contribution in [2.24, 2.45) is 0 Å². The lowest BCUT2D eigenvalue weighted by atomic mass is 9.93. The van der Waals surface area contributed by atoms with Crippen molar-refractivity contribution in [3.63, 3.8) is 0 Å². The Labute approximate surface area is 216 Å². The van der Waals surface area contributed by atoms with Crippen LogP contribution in [0.1, 0.15) is 88.4 Å². The summed E-state index contributed by atoms with van der Waals surface area (Å²) >= 11 is 0. The molecule has 1 aliphatic rings. The van der Waals surface area contributed by atoms with E-state index in [1.807, 2.05) is 30.3 Å². The number of Topliss-reactive ketones (excluding diaryl/α,β-unsaturated/α-hetero) is 1. The van der Waals surface area contributed by atoms with Crippen LogP contribution in [0.15, 0.2) is 60.2 Å². The Hall–Kier alpha value is -2.92. The second-order valence-corrected chi connectivity index (χ2v) is 10.1. The predicted octanol–water partition coefficient (Wildman–Crippen LogP) is 6.52. The molecule has 1 atom stereocenters. The summed E-state index contributed by atoms with van der Waals surface area (Å²) < 4.78 is 0. The zero-order valence-corrected chi connectivity index (χ0v) is 22.4. The minimum absolute atomic E-state index is 0.109. The molecular weight excluding hydrogens is 448 g/mol. The Bertz CT molecular complexity index is 1020. The van der Waals surface area contributed by atoms with Gasteiger partial charge in [0.15, 0.2) is 0 Å². The summed E-state index contributed by atoms with van der Waals surface area (Å²) in [5.74, 6) is -0.865. The number of hydrogen-bond acceptors (Lipinski definition) is 4. The molecule has 1 amide bonds. The molecule has 2 aromatic rings. The number of nitrogens with zero attached hydrogens (tertiary/aromatic N) is 2. The first kappa shape index (κ1) is 27.7. The van der Waals surface area contributed by atoms with Crippen molar-refractivity contribution in [2.45, 2.75) is 71.8 Å². The summed E-state index contributed by atoms with van der Waals surface area (Å²) in [6.07, 6.45) is 5.42. The van der Waals surface area contributed by atoms with Gasteiger partial charge in [-0.25, -0.2) is 0 Å². The minimum atomic E-state index is -0.608. The highest BCUT2D eigenvalue weighted by molar-refractivity contribution is 6.46. The van der Waals surface area contributed by atoms with Gasteiger partial charge in [-0.15, -0.1) is 0 Å². The average Bonchev–Trinajstić information content (AvgIpc) is 3.15. The van der Waals surface area contributed by atoms with Crippen molar-refractivity contribution in [3.8, 4) is 0 Å². The molecule has 0 aliphatic carbocycles. The van der Waals surface area contributed by atoms with Crippen LogP contribution in [0.2, 0.25) is 0 Å². The summed E-state index contributed by atoms with van der Waals surface area (Å²) in [4.78, 5) is 30.6. The van der Waals surface area contributed by atoms with Crippen LogP contribution in [0.5, 0.6) is 0 Å². The first-order chi connectivity index (χ1) is 17.4. The summed E-state index contributed by atoms with van der Waals surface area (Å²) in [6.45, 7) is 12.2. The van der Waals surface area contributed by atoms with E-state index in [4.69, 9.17) is 0 Å². The second-order valence-electron chi connectivity index (χ2n) is 10.1. The van der Waals surface area contributed by atoms with Gasteiger partial charge < -0.3 is 14.9 Å². The molecule has 2 aromatic carbocycles. The Morgan fingerprint density at radius 3 is 2.03 bits per heavy atom. The number of carbonyl (C=O) groups excluding carboxylic acids is 2. The smallest absolute Gasteiger partial charge is 0.295 e. The van der Waals surface area contributed by atoms with E-state index in [0.717, 1.165) is 57.3 Å². The van der Waals surface area contributed by atoms with Crippen molar-refractivity contribution < 1.29 is 14.7 Å². The highest BCUT2D eigenvalue weighted by Gasteiger charge is 2.45. The number of carbonyl (C=O) groups is 2. The van der Waals surface area contributed by atoms with E-state index < -0.39 is 17.7 Å². The molecule has 36 heavy (non-hydrogen) atoms. The van der Waals surface area contributed by atoms with E-state index in [2.05, 4.69) is 44.7 Å². The maximum Gasteiger partial charge on any atom is 0.295 e. The van der Waals surface area contributed by atoms with Crippen LogP contribution in [0.3, 0.4) is 0 Å². The van der Waals surface area contributed by atoms with Crippen LogP contribution in [-0.4, -0.2) is 52.8 Å². The molecule has 194 valence electrons. The Morgan fingerprint density at radius 2 is 1.47 bits per heavy atom. The van der Waals surface area contributed by atoms with E-state index in [1.165, 1.54) is 5.56 Å². The number of hydrogen-bond donors (Lipinski definition) is 1. The number of benzene rings is 2. The molecule has 0 unspecified atom stereocenters. The van der Waals surface area contributed by atoms with Crippen molar-refractivity contribution in [2.75, 3.05) is 26.2 Å². The van der Waals surface area contributed by atoms with Gasteiger partial charge in [0.2, 0.25) is 0 Å². The normalized spacial score (nSPS) is 17.5. The van der Waals surface area contributed by atoms with E-state index >= 15 is 0 Å². The van der Waals surface area contributed by atoms with Gasteiger partial charge in [0.25, 0.3) is 11.7 Å². The van der Waals surface area contributed by atoms with Gasteiger partial charge in [0.1, 0.15) is 5.76 Å².